The number of aryl methyl sites for hydroxylation is 1. The molecule has 8 heteroatoms. The Balaban J connectivity index is 1.31. The predicted molar refractivity (Wildman–Crippen MR) is 120 cm³/mol. The van der Waals surface area contributed by atoms with Crippen LogP contribution in [0, 0.1) is 6.92 Å². The molecule has 0 bridgehead atoms. The number of ether oxygens (including phenoxy) is 1. The first kappa shape index (κ1) is 21.6. The van der Waals surface area contributed by atoms with Crippen molar-refractivity contribution in [2.45, 2.75) is 24.7 Å². The number of nitrogens with zero attached hydrogens (tertiary/aromatic N) is 3. The third kappa shape index (κ3) is 4.85. The summed E-state index contributed by atoms with van der Waals surface area (Å²) in [5, 5.41) is 0. The van der Waals surface area contributed by atoms with E-state index in [4.69, 9.17) is 4.74 Å². The molecule has 2 heterocycles. The second kappa shape index (κ2) is 9.28. The van der Waals surface area contributed by atoms with Crippen LogP contribution in [0.4, 0.5) is 5.69 Å². The summed E-state index contributed by atoms with van der Waals surface area (Å²) in [6, 6.07) is 15.0. The van der Waals surface area contributed by atoms with E-state index in [2.05, 4.69) is 17.0 Å². The molecule has 0 atom stereocenters. The highest BCUT2D eigenvalue weighted by Crippen LogP contribution is 2.26. The molecule has 2 saturated heterocycles. The number of hydrogen-bond acceptors (Lipinski definition) is 5. The van der Waals surface area contributed by atoms with Gasteiger partial charge in [-0.1, -0.05) is 18.2 Å². The molecule has 0 aliphatic carbocycles. The summed E-state index contributed by atoms with van der Waals surface area (Å²) in [5.74, 6) is 0.484. The number of anilines is 1. The van der Waals surface area contributed by atoms with Crippen molar-refractivity contribution in [2.24, 2.45) is 0 Å². The number of benzene rings is 2. The maximum absolute atomic E-state index is 12.7. The van der Waals surface area contributed by atoms with Crippen LogP contribution < -0.4 is 9.64 Å². The lowest BCUT2D eigenvalue weighted by Crippen LogP contribution is -2.50. The molecule has 0 unspecified atom stereocenters. The quantitative estimate of drug-likeness (QED) is 0.686. The zero-order valence-electron chi connectivity index (χ0n) is 17.9. The van der Waals surface area contributed by atoms with Crippen molar-refractivity contribution in [3.63, 3.8) is 0 Å². The monoisotopic (exact) mass is 443 g/mol. The van der Waals surface area contributed by atoms with Crippen LogP contribution >= 0.6 is 0 Å². The van der Waals surface area contributed by atoms with Gasteiger partial charge in [-0.15, -0.1) is 0 Å². The highest BCUT2D eigenvalue weighted by Gasteiger charge is 2.27. The van der Waals surface area contributed by atoms with Crippen molar-refractivity contribution in [1.82, 2.24) is 9.21 Å². The number of carbonyl (C=O) groups excluding carboxylic acids is 1. The third-order valence-electron chi connectivity index (χ3n) is 5.95. The van der Waals surface area contributed by atoms with Gasteiger partial charge in [0.25, 0.3) is 5.91 Å². The van der Waals surface area contributed by atoms with Gasteiger partial charge >= 0.3 is 0 Å². The molecular weight excluding hydrogens is 414 g/mol. The average molecular weight is 444 g/mol. The lowest BCUT2D eigenvalue weighted by atomic mass is 10.2. The van der Waals surface area contributed by atoms with E-state index in [0.717, 1.165) is 25.9 Å². The van der Waals surface area contributed by atoms with E-state index in [0.29, 0.717) is 37.5 Å². The van der Waals surface area contributed by atoms with Crippen LogP contribution in [0.3, 0.4) is 0 Å². The van der Waals surface area contributed by atoms with E-state index in [1.807, 2.05) is 23.1 Å². The molecule has 0 N–H and O–H groups in total. The Morgan fingerprint density at radius 1 is 0.935 bits per heavy atom. The maximum atomic E-state index is 12.7. The van der Waals surface area contributed by atoms with Crippen LogP contribution in [-0.4, -0.2) is 69.4 Å². The number of sulfonamides is 1. The van der Waals surface area contributed by atoms with Crippen molar-refractivity contribution in [3.05, 3.63) is 54.1 Å². The third-order valence-corrected chi connectivity index (χ3v) is 7.85. The molecule has 166 valence electrons. The summed E-state index contributed by atoms with van der Waals surface area (Å²) in [5.41, 5.74) is 1.88. The first-order chi connectivity index (χ1) is 14.9. The van der Waals surface area contributed by atoms with Gasteiger partial charge in [0, 0.05) is 45.0 Å². The SMILES string of the molecule is Cc1cc(S(=O)(=O)N2CCCC2)ccc1OCC(=O)N1CCN(c2ccccc2)CC1. The summed E-state index contributed by atoms with van der Waals surface area (Å²) in [7, 11) is -3.46. The van der Waals surface area contributed by atoms with E-state index in [-0.39, 0.29) is 17.4 Å². The Kier molecular flexibility index (Phi) is 6.48. The van der Waals surface area contributed by atoms with Gasteiger partial charge < -0.3 is 14.5 Å². The van der Waals surface area contributed by atoms with Gasteiger partial charge in [0.15, 0.2) is 6.61 Å². The number of piperazine rings is 1. The zero-order chi connectivity index (χ0) is 21.8. The zero-order valence-corrected chi connectivity index (χ0v) is 18.7. The molecule has 7 nitrogen and oxygen atoms in total. The Morgan fingerprint density at radius 2 is 1.61 bits per heavy atom. The minimum Gasteiger partial charge on any atom is -0.483 e. The highest BCUT2D eigenvalue weighted by atomic mass is 32.2. The number of carbonyl (C=O) groups is 1. The van der Waals surface area contributed by atoms with E-state index in [1.165, 1.54) is 9.99 Å². The fourth-order valence-electron chi connectivity index (χ4n) is 4.11. The molecular formula is C23H29N3O4S. The molecule has 0 radical (unpaired) electrons. The molecule has 31 heavy (non-hydrogen) atoms. The van der Waals surface area contributed by atoms with Crippen LogP contribution in [0.1, 0.15) is 18.4 Å². The molecule has 2 aliphatic heterocycles. The smallest absolute Gasteiger partial charge is 0.260 e. The van der Waals surface area contributed by atoms with Gasteiger partial charge in [0.1, 0.15) is 5.75 Å². The number of amides is 1. The number of rotatable bonds is 6. The summed E-state index contributed by atoms with van der Waals surface area (Å²) < 4.78 is 32.7. The van der Waals surface area contributed by atoms with Gasteiger partial charge in [-0.3, -0.25) is 4.79 Å². The standard InChI is InChI=1S/C23H29N3O4S/c1-19-17-21(31(28,29)26-11-5-6-12-26)9-10-22(19)30-18-23(27)25-15-13-24(14-16-25)20-7-3-2-4-8-20/h2-4,7-10,17H,5-6,11-16,18H2,1H3. The van der Waals surface area contributed by atoms with Crippen molar-refractivity contribution < 1.29 is 17.9 Å². The molecule has 2 aliphatic rings. The van der Waals surface area contributed by atoms with Crippen molar-refractivity contribution in [1.29, 1.82) is 0 Å². The molecule has 2 fully saturated rings. The fraction of sp³-hybridized carbons (Fsp3) is 0.435. The van der Waals surface area contributed by atoms with Gasteiger partial charge in [0.2, 0.25) is 10.0 Å². The molecule has 2 aromatic rings. The lowest BCUT2D eigenvalue weighted by Gasteiger charge is -2.36. The number of para-hydroxylation sites is 1. The van der Waals surface area contributed by atoms with E-state index < -0.39 is 10.0 Å². The topological polar surface area (TPSA) is 70.2 Å². The van der Waals surface area contributed by atoms with E-state index in [9.17, 15) is 13.2 Å². The second-order valence-electron chi connectivity index (χ2n) is 8.03. The fourth-order valence-corrected chi connectivity index (χ4v) is 5.71. The Morgan fingerprint density at radius 3 is 2.26 bits per heavy atom. The summed E-state index contributed by atoms with van der Waals surface area (Å²) in [4.78, 5) is 17.0. The van der Waals surface area contributed by atoms with Crippen molar-refractivity contribution >= 4 is 21.6 Å². The highest BCUT2D eigenvalue weighted by molar-refractivity contribution is 7.89. The normalized spacial score (nSPS) is 17.7. The van der Waals surface area contributed by atoms with Gasteiger partial charge in [-0.2, -0.15) is 4.31 Å². The van der Waals surface area contributed by atoms with E-state index in [1.54, 1.807) is 25.1 Å². The number of hydrogen-bond donors (Lipinski definition) is 0. The van der Waals surface area contributed by atoms with Crippen LogP contribution in [0.15, 0.2) is 53.4 Å². The molecule has 0 spiro atoms. The molecule has 4 rings (SSSR count). The van der Waals surface area contributed by atoms with Crippen molar-refractivity contribution in [3.8, 4) is 5.75 Å². The maximum Gasteiger partial charge on any atom is 0.260 e. The largest absolute Gasteiger partial charge is 0.483 e. The Labute approximate surface area is 184 Å². The van der Waals surface area contributed by atoms with Crippen LogP contribution in [0.5, 0.6) is 5.75 Å². The van der Waals surface area contributed by atoms with Crippen molar-refractivity contribution in [2.75, 3.05) is 50.8 Å². The van der Waals surface area contributed by atoms with Gasteiger partial charge in [-0.05, 0) is 55.7 Å². The summed E-state index contributed by atoms with van der Waals surface area (Å²) >= 11 is 0. The van der Waals surface area contributed by atoms with Crippen LogP contribution in [-0.2, 0) is 14.8 Å². The Hall–Kier alpha value is -2.58. The lowest BCUT2D eigenvalue weighted by molar-refractivity contribution is -0.133. The first-order valence-electron chi connectivity index (χ1n) is 10.8. The second-order valence-corrected chi connectivity index (χ2v) is 9.97. The van der Waals surface area contributed by atoms with E-state index >= 15 is 0 Å². The average Bonchev–Trinajstić information content (AvgIpc) is 3.35. The van der Waals surface area contributed by atoms with Crippen LogP contribution in [0.25, 0.3) is 0 Å². The molecule has 2 aromatic carbocycles. The van der Waals surface area contributed by atoms with Gasteiger partial charge in [0.05, 0.1) is 4.90 Å². The predicted octanol–water partition coefficient (Wildman–Crippen LogP) is 2.51. The molecule has 1 amide bonds. The summed E-state index contributed by atoms with van der Waals surface area (Å²) in [6.45, 7) is 5.80. The van der Waals surface area contributed by atoms with Gasteiger partial charge in [-0.25, -0.2) is 8.42 Å². The minimum absolute atomic E-state index is 0.0512. The molecule has 0 aromatic heterocycles. The Bertz CT molecular complexity index is 1010. The first-order valence-corrected chi connectivity index (χ1v) is 12.2. The summed E-state index contributed by atoms with van der Waals surface area (Å²) in [6.07, 6.45) is 1.81. The van der Waals surface area contributed by atoms with Crippen LogP contribution in [0.2, 0.25) is 0 Å². The minimum atomic E-state index is -3.46. The molecule has 0 saturated carbocycles.